The van der Waals surface area contributed by atoms with Gasteiger partial charge in [0.2, 0.25) is 0 Å². The van der Waals surface area contributed by atoms with Gasteiger partial charge in [0.25, 0.3) is 0 Å². The summed E-state index contributed by atoms with van der Waals surface area (Å²) >= 11 is 0. The number of aliphatic carboxylic acids is 1. The summed E-state index contributed by atoms with van der Waals surface area (Å²) in [6.45, 7) is 2.31. The number of hydrogen-bond acceptors (Lipinski definition) is 7. The maximum Gasteiger partial charge on any atom is 0.330 e. The molecule has 8 nitrogen and oxygen atoms in total. The Kier molecular flexibility index (Phi) is 27.3. The molecule has 0 aromatic heterocycles. The summed E-state index contributed by atoms with van der Waals surface area (Å²) in [6.07, 6.45) is 19.8. The van der Waals surface area contributed by atoms with E-state index < -0.39 is 30.7 Å². The molecule has 0 aromatic carbocycles. The van der Waals surface area contributed by atoms with E-state index in [1.54, 1.807) is 0 Å². The number of allylic oxidation sites excluding steroid dienone is 1. The van der Waals surface area contributed by atoms with Crippen molar-refractivity contribution >= 4 is 11.9 Å². The quantitative estimate of drug-likeness (QED) is 0.0958. The van der Waals surface area contributed by atoms with Gasteiger partial charge in [-0.05, 0) is 32.2 Å². The van der Waals surface area contributed by atoms with Crippen molar-refractivity contribution in [3.05, 3.63) is 12.2 Å². The standard InChI is InChI=1S/C19H36O4.C6H14N2O2/c1-2-3-4-5-6-7-8-9-10-11-12-13-14-15-19(22)23-17-18(21)16-20;7-4-2-1-3-5(8)6(9)10/h14-15,18,20-21H,2-13,16-17H2,1H3;5H,1-4,7-8H2,(H,9,10)/b15-14+;. The molecule has 0 aliphatic heterocycles. The van der Waals surface area contributed by atoms with E-state index in [1.165, 1.54) is 70.3 Å². The molecule has 0 bridgehead atoms. The molecule has 2 unspecified atom stereocenters. The second-order valence-electron chi connectivity index (χ2n) is 8.42. The zero-order chi connectivity index (χ0) is 25.2. The molecule has 0 aliphatic carbocycles. The number of esters is 1. The predicted octanol–water partition coefficient (Wildman–Crippen LogP) is 3.67. The van der Waals surface area contributed by atoms with E-state index in [1.807, 2.05) is 6.08 Å². The molecule has 0 saturated heterocycles. The normalized spacial score (nSPS) is 12.8. The lowest BCUT2D eigenvalue weighted by Crippen LogP contribution is -2.29. The topological polar surface area (TPSA) is 156 Å². The smallest absolute Gasteiger partial charge is 0.330 e. The number of aliphatic hydroxyl groups excluding tert-OH is 2. The summed E-state index contributed by atoms with van der Waals surface area (Å²) in [5, 5.41) is 26.0. The Bertz CT molecular complexity index is 474. The van der Waals surface area contributed by atoms with Crippen LogP contribution in [0.5, 0.6) is 0 Å². The van der Waals surface area contributed by atoms with E-state index in [9.17, 15) is 9.59 Å². The molecule has 0 spiro atoms. The SMILES string of the molecule is CCCCCCCCCCCCC/C=C/C(=O)OCC(O)CO.NCCCCC(N)C(=O)O. The first-order valence-electron chi connectivity index (χ1n) is 12.7. The van der Waals surface area contributed by atoms with Gasteiger partial charge in [-0.3, -0.25) is 4.79 Å². The summed E-state index contributed by atoms with van der Waals surface area (Å²) < 4.78 is 4.77. The Hall–Kier alpha value is -1.48. The van der Waals surface area contributed by atoms with Gasteiger partial charge >= 0.3 is 11.9 Å². The minimum Gasteiger partial charge on any atom is -0.480 e. The third-order valence-electron chi connectivity index (χ3n) is 5.14. The fourth-order valence-corrected chi connectivity index (χ4v) is 3.02. The van der Waals surface area contributed by atoms with Crippen LogP contribution >= 0.6 is 0 Å². The van der Waals surface area contributed by atoms with Gasteiger partial charge in [0.1, 0.15) is 18.8 Å². The predicted molar refractivity (Wildman–Crippen MR) is 133 cm³/mol. The number of unbranched alkanes of at least 4 members (excludes halogenated alkanes) is 12. The molecule has 0 radical (unpaired) electrons. The second kappa shape index (κ2) is 26.8. The monoisotopic (exact) mass is 474 g/mol. The first-order chi connectivity index (χ1) is 15.9. The zero-order valence-corrected chi connectivity index (χ0v) is 20.8. The summed E-state index contributed by atoms with van der Waals surface area (Å²) in [4.78, 5) is 21.4. The number of rotatable bonds is 21. The first-order valence-corrected chi connectivity index (χ1v) is 12.7. The Morgan fingerprint density at radius 2 is 1.45 bits per heavy atom. The largest absolute Gasteiger partial charge is 0.480 e. The van der Waals surface area contributed by atoms with E-state index in [-0.39, 0.29) is 6.61 Å². The molecular formula is C25H50N2O6. The van der Waals surface area contributed by atoms with Crippen molar-refractivity contribution in [1.82, 2.24) is 0 Å². The van der Waals surface area contributed by atoms with Crippen LogP contribution in [0.15, 0.2) is 12.2 Å². The number of carboxylic acids is 1. The highest BCUT2D eigenvalue weighted by Crippen LogP contribution is 2.12. The molecular weight excluding hydrogens is 424 g/mol. The van der Waals surface area contributed by atoms with Crippen molar-refractivity contribution in [2.45, 2.75) is 115 Å². The molecule has 33 heavy (non-hydrogen) atoms. The zero-order valence-electron chi connectivity index (χ0n) is 20.8. The number of carbonyl (C=O) groups excluding carboxylic acids is 1. The van der Waals surface area contributed by atoms with Crippen LogP contribution in [0.1, 0.15) is 103 Å². The Morgan fingerprint density at radius 3 is 1.94 bits per heavy atom. The highest BCUT2D eigenvalue weighted by molar-refractivity contribution is 5.81. The van der Waals surface area contributed by atoms with E-state index >= 15 is 0 Å². The molecule has 0 rings (SSSR count). The average molecular weight is 475 g/mol. The van der Waals surface area contributed by atoms with Crippen LogP contribution < -0.4 is 11.5 Å². The molecule has 196 valence electrons. The highest BCUT2D eigenvalue weighted by Gasteiger charge is 2.09. The van der Waals surface area contributed by atoms with Crippen molar-refractivity contribution in [3.63, 3.8) is 0 Å². The van der Waals surface area contributed by atoms with Crippen LogP contribution in [-0.4, -0.2) is 59.2 Å². The van der Waals surface area contributed by atoms with Crippen LogP contribution in [-0.2, 0) is 14.3 Å². The third-order valence-corrected chi connectivity index (χ3v) is 5.14. The van der Waals surface area contributed by atoms with Gasteiger partial charge < -0.3 is 31.5 Å². The van der Waals surface area contributed by atoms with Gasteiger partial charge in [-0.1, -0.05) is 83.6 Å². The van der Waals surface area contributed by atoms with Crippen molar-refractivity contribution in [2.75, 3.05) is 19.8 Å². The molecule has 0 aromatic rings. The Labute approximate surface area is 200 Å². The fraction of sp³-hybridized carbons (Fsp3) is 0.840. The fourth-order valence-electron chi connectivity index (χ4n) is 3.02. The third kappa shape index (κ3) is 28.5. The lowest BCUT2D eigenvalue weighted by Gasteiger charge is -2.06. The van der Waals surface area contributed by atoms with Crippen LogP contribution in [0.2, 0.25) is 0 Å². The number of carbonyl (C=O) groups is 2. The van der Waals surface area contributed by atoms with Crippen molar-refractivity contribution in [2.24, 2.45) is 11.5 Å². The van der Waals surface area contributed by atoms with Crippen LogP contribution in [0, 0.1) is 0 Å². The number of aliphatic hydroxyl groups is 2. The molecule has 7 N–H and O–H groups in total. The molecule has 0 amide bonds. The van der Waals surface area contributed by atoms with Crippen molar-refractivity contribution < 1.29 is 29.6 Å². The van der Waals surface area contributed by atoms with Gasteiger partial charge in [0.05, 0.1) is 6.61 Å². The minimum absolute atomic E-state index is 0.155. The summed E-state index contributed by atoms with van der Waals surface area (Å²) in [6, 6.07) is -0.716. The summed E-state index contributed by atoms with van der Waals surface area (Å²) in [7, 11) is 0. The van der Waals surface area contributed by atoms with Gasteiger partial charge in [-0.2, -0.15) is 0 Å². The molecule has 0 heterocycles. The molecule has 8 heteroatoms. The molecule has 2 atom stereocenters. The van der Waals surface area contributed by atoms with Crippen molar-refractivity contribution in [1.29, 1.82) is 0 Å². The lowest BCUT2D eigenvalue weighted by molar-refractivity contribution is -0.141. The summed E-state index contributed by atoms with van der Waals surface area (Å²) in [5.74, 6) is -1.39. The van der Waals surface area contributed by atoms with Crippen molar-refractivity contribution in [3.8, 4) is 0 Å². The maximum atomic E-state index is 11.3. The van der Waals surface area contributed by atoms with Gasteiger partial charge in [-0.15, -0.1) is 0 Å². The van der Waals surface area contributed by atoms with E-state index in [0.29, 0.717) is 13.0 Å². The van der Waals surface area contributed by atoms with Gasteiger partial charge in [0, 0.05) is 6.08 Å². The number of carboxylic acid groups (broad SMARTS) is 1. The summed E-state index contributed by atoms with van der Waals surface area (Å²) in [5.41, 5.74) is 10.4. The Balaban J connectivity index is 0. The Morgan fingerprint density at radius 1 is 0.909 bits per heavy atom. The molecule has 0 saturated carbocycles. The average Bonchev–Trinajstić information content (AvgIpc) is 2.80. The number of hydrogen-bond donors (Lipinski definition) is 5. The lowest BCUT2D eigenvalue weighted by atomic mass is 10.1. The molecule has 0 fully saturated rings. The van der Waals surface area contributed by atoms with Crippen LogP contribution in [0.3, 0.4) is 0 Å². The first kappa shape index (κ1) is 33.7. The number of nitrogens with two attached hydrogens (primary N) is 2. The minimum atomic E-state index is -0.987. The highest BCUT2D eigenvalue weighted by atomic mass is 16.5. The van der Waals surface area contributed by atoms with E-state index in [0.717, 1.165) is 25.7 Å². The molecule has 0 aliphatic rings. The van der Waals surface area contributed by atoms with Gasteiger partial charge in [-0.25, -0.2) is 4.79 Å². The number of ether oxygens (including phenoxy) is 1. The van der Waals surface area contributed by atoms with E-state index in [4.69, 9.17) is 31.5 Å². The van der Waals surface area contributed by atoms with Crippen LogP contribution in [0.25, 0.3) is 0 Å². The maximum absolute atomic E-state index is 11.3. The van der Waals surface area contributed by atoms with E-state index in [2.05, 4.69) is 6.92 Å². The van der Waals surface area contributed by atoms with Crippen LogP contribution in [0.4, 0.5) is 0 Å². The second-order valence-corrected chi connectivity index (χ2v) is 8.42. The van der Waals surface area contributed by atoms with Gasteiger partial charge in [0.15, 0.2) is 0 Å².